The Morgan fingerprint density at radius 2 is 2.00 bits per heavy atom. The molecule has 2 heterocycles. The van der Waals surface area contributed by atoms with Crippen molar-refractivity contribution in [1.29, 1.82) is 0 Å². The second-order valence-corrected chi connectivity index (χ2v) is 10.1. The van der Waals surface area contributed by atoms with Crippen molar-refractivity contribution in [3.63, 3.8) is 0 Å². The molecule has 0 saturated carbocycles. The summed E-state index contributed by atoms with van der Waals surface area (Å²) in [4.78, 5) is 0.103. The van der Waals surface area contributed by atoms with Gasteiger partial charge >= 0.3 is 0 Å². The number of hydrogen-bond donors (Lipinski definition) is 2. The number of ether oxygens (including phenoxy) is 1. The summed E-state index contributed by atoms with van der Waals surface area (Å²) in [7, 11) is -3.77. The first-order chi connectivity index (χ1) is 15.8. The van der Waals surface area contributed by atoms with E-state index in [0.29, 0.717) is 42.1 Å². The molecular weight excluding hydrogens is 471 g/mol. The standard InChI is InChI=1S/C22H24ClFN4O4S/c23-16-4-7-19(8-5-16)33(30,31)26-20-9-6-18(32-22(20)14-29)10-11-28-13-21(25-27-28)15-2-1-3-17(24)12-15/h1-5,7-8,12-13,18,20,22,26,29H,6,9-11,14H2/t18-,20+,22-/m0/s1. The number of sulfonamides is 1. The Morgan fingerprint density at radius 1 is 1.21 bits per heavy atom. The lowest BCUT2D eigenvalue weighted by molar-refractivity contribution is -0.0891. The van der Waals surface area contributed by atoms with Gasteiger partial charge in [-0.25, -0.2) is 17.5 Å². The maximum absolute atomic E-state index is 13.4. The summed E-state index contributed by atoms with van der Waals surface area (Å²) in [5.41, 5.74) is 1.22. The maximum Gasteiger partial charge on any atom is 0.240 e. The lowest BCUT2D eigenvalue weighted by atomic mass is 9.98. The Bertz CT molecular complexity index is 1190. The Hall–Kier alpha value is -2.37. The first-order valence-electron chi connectivity index (χ1n) is 10.5. The van der Waals surface area contributed by atoms with Gasteiger partial charge in [-0.2, -0.15) is 0 Å². The monoisotopic (exact) mass is 494 g/mol. The van der Waals surface area contributed by atoms with E-state index in [1.165, 1.54) is 36.4 Å². The molecular formula is C22H24ClFN4O4S. The fraction of sp³-hybridized carbons (Fsp3) is 0.364. The molecule has 33 heavy (non-hydrogen) atoms. The van der Waals surface area contributed by atoms with Gasteiger partial charge in [-0.15, -0.1) is 5.10 Å². The number of aromatic nitrogens is 3. The van der Waals surface area contributed by atoms with Crippen molar-refractivity contribution in [2.45, 2.75) is 49.0 Å². The summed E-state index contributed by atoms with van der Waals surface area (Å²) in [6.45, 7) is 0.212. The molecule has 0 bridgehead atoms. The Balaban J connectivity index is 1.33. The van der Waals surface area contributed by atoms with Gasteiger partial charge in [0, 0.05) is 17.1 Å². The van der Waals surface area contributed by atoms with E-state index in [-0.39, 0.29) is 23.4 Å². The molecule has 0 unspecified atom stereocenters. The van der Waals surface area contributed by atoms with Crippen LogP contribution >= 0.6 is 11.6 Å². The normalized spacial score (nSPS) is 21.2. The smallest absolute Gasteiger partial charge is 0.240 e. The molecule has 1 saturated heterocycles. The lowest BCUT2D eigenvalue weighted by Gasteiger charge is -2.36. The zero-order chi connectivity index (χ0) is 23.4. The van der Waals surface area contributed by atoms with Crippen molar-refractivity contribution < 1.29 is 22.7 Å². The van der Waals surface area contributed by atoms with Crippen LogP contribution in [0.5, 0.6) is 0 Å². The molecule has 0 spiro atoms. The second kappa shape index (κ2) is 10.3. The van der Waals surface area contributed by atoms with Crippen LogP contribution in [0.2, 0.25) is 5.02 Å². The molecule has 176 valence electrons. The number of nitrogens with one attached hydrogen (secondary N) is 1. The van der Waals surface area contributed by atoms with Crippen LogP contribution in [0.15, 0.2) is 59.6 Å². The van der Waals surface area contributed by atoms with Gasteiger partial charge in [0.25, 0.3) is 0 Å². The fourth-order valence-electron chi connectivity index (χ4n) is 3.82. The van der Waals surface area contributed by atoms with Gasteiger partial charge in [0.2, 0.25) is 10.0 Å². The van der Waals surface area contributed by atoms with Gasteiger partial charge in [0.15, 0.2) is 0 Å². The average molecular weight is 495 g/mol. The third-order valence-electron chi connectivity index (χ3n) is 5.57. The van der Waals surface area contributed by atoms with E-state index in [9.17, 15) is 17.9 Å². The van der Waals surface area contributed by atoms with E-state index in [1.54, 1.807) is 23.0 Å². The molecule has 4 rings (SSSR count). The molecule has 0 radical (unpaired) electrons. The fourth-order valence-corrected chi connectivity index (χ4v) is 5.25. The summed E-state index contributed by atoms with van der Waals surface area (Å²) in [5, 5.41) is 18.4. The molecule has 3 aromatic rings. The van der Waals surface area contributed by atoms with Gasteiger partial charge in [-0.3, -0.25) is 4.68 Å². The second-order valence-electron chi connectivity index (χ2n) is 7.90. The quantitative estimate of drug-likeness (QED) is 0.498. The van der Waals surface area contributed by atoms with E-state index in [1.807, 2.05) is 0 Å². The van der Waals surface area contributed by atoms with Crippen LogP contribution < -0.4 is 4.72 Å². The van der Waals surface area contributed by atoms with Crippen molar-refractivity contribution in [1.82, 2.24) is 19.7 Å². The molecule has 1 aliphatic rings. The van der Waals surface area contributed by atoms with Crippen LogP contribution in [0.3, 0.4) is 0 Å². The number of benzene rings is 2. The molecule has 1 aliphatic heterocycles. The van der Waals surface area contributed by atoms with E-state index >= 15 is 0 Å². The van der Waals surface area contributed by atoms with Crippen molar-refractivity contribution in [3.05, 3.63) is 65.6 Å². The molecule has 0 aliphatic carbocycles. The summed E-state index contributed by atoms with van der Waals surface area (Å²) in [6, 6.07) is 11.5. The number of aliphatic hydroxyl groups is 1. The number of halogens is 2. The average Bonchev–Trinajstić information content (AvgIpc) is 3.28. The number of aryl methyl sites for hydroxylation is 1. The lowest BCUT2D eigenvalue weighted by Crippen LogP contribution is -2.50. The van der Waals surface area contributed by atoms with Gasteiger partial charge in [-0.05, 0) is 55.7 Å². The number of aliphatic hydroxyl groups excluding tert-OH is 1. The van der Waals surface area contributed by atoms with Crippen LogP contribution in [0.4, 0.5) is 4.39 Å². The van der Waals surface area contributed by atoms with E-state index in [2.05, 4.69) is 15.0 Å². The minimum Gasteiger partial charge on any atom is -0.394 e. The molecule has 1 aromatic heterocycles. The third-order valence-corrected chi connectivity index (χ3v) is 7.32. The minimum absolute atomic E-state index is 0.103. The van der Waals surface area contributed by atoms with Gasteiger partial charge in [-0.1, -0.05) is 28.9 Å². The van der Waals surface area contributed by atoms with Gasteiger partial charge in [0.1, 0.15) is 11.5 Å². The molecule has 0 amide bonds. The Kier molecular flexibility index (Phi) is 7.40. The first kappa shape index (κ1) is 23.8. The Morgan fingerprint density at radius 3 is 2.73 bits per heavy atom. The minimum atomic E-state index is -3.77. The highest BCUT2D eigenvalue weighted by Crippen LogP contribution is 2.25. The predicted octanol–water partition coefficient (Wildman–Crippen LogP) is 3.01. The Labute approximate surface area is 196 Å². The van der Waals surface area contributed by atoms with Crippen molar-refractivity contribution in [2.24, 2.45) is 0 Å². The molecule has 1 fully saturated rings. The maximum atomic E-state index is 13.4. The first-order valence-corrected chi connectivity index (χ1v) is 12.4. The summed E-state index contributed by atoms with van der Waals surface area (Å²) >= 11 is 5.83. The van der Waals surface area contributed by atoms with E-state index in [4.69, 9.17) is 16.3 Å². The van der Waals surface area contributed by atoms with E-state index in [0.717, 1.165) is 0 Å². The molecule has 11 heteroatoms. The largest absolute Gasteiger partial charge is 0.394 e. The number of rotatable bonds is 8. The van der Waals surface area contributed by atoms with Crippen LogP contribution in [0.25, 0.3) is 11.3 Å². The third kappa shape index (κ3) is 5.96. The van der Waals surface area contributed by atoms with Crippen LogP contribution in [0.1, 0.15) is 19.3 Å². The molecule has 3 atom stereocenters. The number of hydrogen-bond acceptors (Lipinski definition) is 6. The molecule has 8 nitrogen and oxygen atoms in total. The highest BCUT2D eigenvalue weighted by molar-refractivity contribution is 7.89. The van der Waals surface area contributed by atoms with Crippen molar-refractivity contribution in [3.8, 4) is 11.3 Å². The summed E-state index contributed by atoms with van der Waals surface area (Å²) in [5.74, 6) is -0.339. The highest BCUT2D eigenvalue weighted by Gasteiger charge is 2.34. The predicted molar refractivity (Wildman–Crippen MR) is 121 cm³/mol. The highest BCUT2D eigenvalue weighted by atomic mass is 35.5. The topological polar surface area (TPSA) is 106 Å². The molecule has 2 aromatic carbocycles. The van der Waals surface area contributed by atoms with Crippen molar-refractivity contribution in [2.75, 3.05) is 6.61 Å². The van der Waals surface area contributed by atoms with Crippen molar-refractivity contribution >= 4 is 21.6 Å². The number of nitrogens with zero attached hydrogens (tertiary/aromatic N) is 3. The summed E-state index contributed by atoms with van der Waals surface area (Å²) < 4.78 is 49.0. The summed E-state index contributed by atoms with van der Waals surface area (Å²) in [6.07, 6.45) is 2.66. The van der Waals surface area contributed by atoms with Crippen LogP contribution in [-0.4, -0.2) is 53.4 Å². The van der Waals surface area contributed by atoms with E-state index < -0.39 is 22.2 Å². The zero-order valence-corrected chi connectivity index (χ0v) is 19.2. The van der Waals surface area contributed by atoms with Gasteiger partial charge in [0.05, 0.1) is 35.9 Å². The van der Waals surface area contributed by atoms with Crippen LogP contribution in [-0.2, 0) is 21.3 Å². The van der Waals surface area contributed by atoms with Gasteiger partial charge < -0.3 is 9.84 Å². The SMILES string of the molecule is O=S(=O)(N[C@@H]1CC[C@@H](CCn2cc(-c3cccc(F)c3)nn2)O[C@H]1CO)c1ccc(Cl)cc1. The zero-order valence-electron chi connectivity index (χ0n) is 17.6. The molecule has 2 N–H and O–H groups in total. The van der Waals surface area contributed by atoms with Crippen LogP contribution in [0, 0.1) is 5.82 Å².